The zero-order valence-electron chi connectivity index (χ0n) is 20.5. The molecule has 0 saturated carbocycles. The van der Waals surface area contributed by atoms with Crippen molar-refractivity contribution in [3.05, 3.63) is 112 Å². The number of benzene rings is 3. The molecule has 0 spiro atoms. The number of aromatic nitrogens is 4. The molecule has 0 unspecified atom stereocenters. The largest absolute Gasteiger partial charge is 0.485 e. The number of aromatic amines is 1. The van der Waals surface area contributed by atoms with Crippen LogP contribution in [0.3, 0.4) is 0 Å². The van der Waals surface area contributed by atoms with Crippen molar-refractivity contribution in [2.45, 2.75) is 27.0 Å². The van der Waals surface area contributed by atoms with Crippen molar-refractivity contribution in [2.24, 2.45) is 0 Å². The number of pyridine rings is 1. The first kappa shape index (κ1) is 22.8. The van der Waals surface area contributed by atoms with Gasteiger partial charge in [-0.2, -0.15) is 0 Å². The highest BCUT2D eigenvalue weighted by Crippen LogP contribution is 2.31. The summed E-state index contributed by atoms with van der Waals surface area (Å²) in [6, 6.07) is 24.2. The fourth-order valence-corrected chi connectivity index (χ4v) is 4.75. The number of hydrogen-bond acceptors (Lipinski definition) is 3. The Morgan fingerprint density at radius 1 is 0.946 bits per heavy atom. The minimum atomic E-state index is -0.244. The van der Waals surface area contributed by atoms with Crippen molar-refractivity contribution in [3.63, 3.8) is 0 Å². The molecule has 184 valence electrons. The van der Waals surface area contributed by atoms with Crippen LogP contribution in [0, 0.1) is 12.7 Å². The van der Waals surface area contributed by atoms with Crippen molar-refractivity contribution in [2.75, 3.05) is 0 Å². The number of fused-ring (bicyclic) bond motifs is 2. The zero-order chi connectivity index (χ0) is 25.5. The van der Waals surface area contributed by atoms with Crippen molar-refractivity contribution < 1.29 is 9.13 Å². The van der Waals surface area contributed by atoms with Crippen LogP contribution >= 0.6 is 0 Å². The number of nitrogens with zero attached hydrogens (tertiary/aromatic N) is 3. The molecule has 37 heavy (non-hydrogen) atoms. The molecular weight excluding hydrogens is 467 g/mol. The first-order chi connectivity index (χ1) is 18.0. The van der Waals surface area contributed by atoms with E-state index in [9.17, 15) is 9.18 Å². The summed E-state index contributed by atoms with van der Waals surface area (Å²) in [6.07, 6.45) is 1.97. The molecule has 0 radical (unpaired) electrons. The van der Waals surface area contributed by atoms with Crippen molar-refractivity contribution in [1.29, 1.82) is 0 Å². The van der Waals surface area contributed by atoms with Gasteiger partial charge in [0.25, 0.3) is 5.56 Å². The maximum atomic E-state index is 13.2. The minimum Gasteiger partial charge on any atom is -0.485 e. The Bertz CT molecular complexity index is 1790. The lowest BCUT2D eigenvalue weighted by molar-refractivity contribution is 0.308. The lowest BCUT2D eigenvalue weighted by Crippen LogP contribution is -2.14. The monoisotopic (exact) mass is 492 g/mol. The molecule has 0 amide bonds. The third kappa shape index (κ3) is 4.08. The summed E-state index contributed by atoms with van der Waals surface area (Å²) in [6.45, 7) is 4.90. The predicted molar refractivity (Wildman–Crippen MR) is 143 cm³/mol. The fourth-order valence-electron chi connectivity index (χ4n) is 4.75. The standard InChI is InChI=1S/C30H25FN4O2/c1-3-35-30(36)25-15-12-23(17-26(25)33-35)28-19(2)32-29-27(5-4-16-34(28)29)37-18-20-6-8-21(9-7-20)22-10-13-24(31)14-11-22/h4-17,33H,3,18H2,1-2H3. The topological polar surface area (TPSA) is 64.3 Å². The summed E-state index contributed by atoms with van der Waals surface area (Å²) in [5.41, 5.74) is 7.32. The lowest BCUT2D eigenvalue weighted by Gasteiger charge is -2.09. The van der Waals surface area contributed by atoms with Gasteiger partial charge in [0.05, 0.1) is 22.3 Å². The second-order valence-corrected chi connectivity index (χ2v) is 9.03. The highest BCUT2D eigenvalue weighted by atomic mass is 19.1. The smallest absolute Gasteiger partial charge is 0.274 e. The van der Waals surface area contributed by atoms with E-state index >= 15 is 0 Å². The number of nitrogens with one attached hydrogen (secondary N) is 1. The van der Waals surface area contributed by atoms with E-state index in [0.717, 1.165) is 44.8 Å². The van der Waals surface area contributed by atoms with Crippen LogP contribution in [-0.2, 0) is 13.2 Å². The van der Waals surface area contributed by atoms with E-state index < -0.39 is 0 Å². The van der Waals surface area contributed by atoms with Gasteiger partial charge in [0, 0.05) is 18.3 Å². The van der Waals surface area contributed by atoms with Crippen LogP contribution in [0.2, 0.25) is 0 Å². The third-order valence-electron chi connectivity index (χ3n) is 6.65. The van der Waals surface area contributed by atoms with Gasteiger partial charge < -0.3 is 4.74 Å². The van der Waals surface area contributed by atoms with Crippen LogP contribution in [0.4, 0.5) is 4.39 Å². The van der Waals surface area contributed by atoms with Gasteiger partial charge in [0.2, 0.25) is 0 Å². The predicted octanol–water partition coefficient (Wildman–Crippen LogP) is 6.36. The number of hydrogen-bond donors (Lipinski definition) is 1. The molecule has 6 aromatic rings. The third-order valence-corrected chi connectivity index (χ3v) is 6.65. The van der Waals surface area contributed by atoms with E-state index in [1.54, 1.807) is 16.8 Å². The Morgan fingerprint density at radius 2 is 1.65 bits per heavy atom. The minimum absolute atomic E-state index is 0.0136. The van der Waals surface area contributed by atoms with Crippen LogP contribution in [0.25, 0.3) is 38.9 Å². The lowest BCUT2D eigenvalue weighted by atomic mass is 10.0. The molecule has 0 aliphatic carbocycles. The van der Waals surface area contributed by atoms with Gasteiger partial charge in [-0.3, -0.25) is 19.0 Å². The van der Waals surface area contributed by atoms with Gasteiger partial charge in [-0.25, -0.2) is 9.37 Å². The second-order valence-electron chi connectivity index (χ2n) is 9.03. The SMILES string of the molecule is CCn1[nH]c2cc(-c3c(C)nc4c(OCc5ccc(-c6ccc(F)cc6)cc5)cccn34)ccc2c1=O. The number of rotatable bonds is 6. The van der Waals surface area contributed by atoms with Gasteiger partial charge in [-0.05, 0) is 66.9 Å². The number of imidazole rings is 1. The van der Waals surface area contributed by atoms with Crippen LogP contribution in [0.1, 0.15) is 18.2 Å². The maximum Gasteiger partial charge on any atom is 0.274 e. The Balaban J connectivity index is 1.28. The molecule has 0 aliphatic rings. The van der Waals surface area contributed by atoms with Gasteiger partial charge in [-0.15, -0.1) is 0 Å². The average Bonchev–Trinajstić information content (AvgIpc) is 3.43. The van der Waals surface area contributed by atoms with E-state index in [4.69, 9.17) is 9.72 Å². The van der Waals surface area contributed by atoms with Gasteiger partial charge >= 0.3 is 0 Å². The first-order valence-electron chi connectivity index (χ1n) is 12.2. The highest BCUT2D eigenvalue weighted by Gasteiger charge is 2.16. The summed E-state index contributed by atoms with van der Waals surface area (Å²) in [4.78, 5) is 17.3. The maximum absolute atomic E-state index is 13.2. The van der Waals surface area contributed by atoms with E-state index in [2.05, 4.69) is 5.10 Å². The number of halogens is 1. The molecular formula is C30H25FN4O2. The summed E-state index contributed by atoms with van der Waals surface area (Å²) < 4.78 is 23.0. The second kappa shape index (κ2) is 9.09. The summed E-state index contributed by atoms with van der Waals surface area (Å²) >= 11 is 0. The van der Waals surface area contributed by atoms with Gasteiger partial charge in [-0.1, -0.05) is 42.5 Å². The van der Waals surface area contributed by atoms with Crippen LogP contribution in [0.15, 0.2) is 89.9 Å². The van der Waals surface area contributed by atoms with Gasteiger partial charge in [0.15, 0.2) is 11.4 Å². The normalized spacial score (nSPS) is 11.4. The molecule has 0 bridgehead atoms. The summed E-state index contributed by atoms with van der Waals surface area (Å²) in [7, 11) is 0. The molecule has 6 rings (SSSR count). The Kier molecular flexibility index (Phi) is 5.60. The Hall–Kier alpha value is -4.65. The van der Waals surface area contributed by atoms with E-state index in [1.165, 1.54) is 12.1 Å². The Labute approximate surface area is 212 Å². The molecule has 1 N–H and O–H groups in total. The van der Waals surface area contributed by atoms with Crippen molar-refractivity contribution in [3.8, 4) is 28.1 Å². The van der Waals surface area contributed by atoms with Crippen molar-refractivity contribution in [1.82, 2.24) is 19.2 Å². The number of aryl methyl sites for hydroxylation is 2. The molecule has 6 nitrogen and oxygen atoms in total. The molecule has 0 aliphatic heterocycles. The molecule has 3 aromatic heterocycles. The molecule has 3 aromatic carbocycles. The van der Waals surface area contributed by atoms with E-state index in [0.29, 0.717) is 24.3 Å². The van der Waals surface area contributed by atoms with Crippen LogP contribution in [0.5, 0.6) is 5.75 Å². The van der Waals surface area contributed by atoms with E-state index in [1.807, 2.05) is 79.0 Å². The quantitative estimate of drug-likeness (QED) is 0.294. The fraction of sp³-hybridized carbons (Fsp3) is 0.133. The zero-order valence-corrected chi connectivity index (χ0v) is 20.5. The van der Waals surface area contributed by atoms with E-state index in [-0.39, 0.29) is 11.4 Å². The van der Waals surface area contributed by atoms with Gasteiger partial charge in [0.1, 0.15) is 12.4 Å². The first-order valence-corrected chi connectivity index (χ1v) is 12.2. The van der Waals surface area contributed by atoms with Crippen LogP contribution in [-0.4, -0.2) is 19.2 Å². The molecule has 3 heterocycles. The molecule has 0 atom stereocenters. The summed E-state index contributed by atoms with van der Waals surface area (Å²) in [5, 5.41) is 3.86. The number of H-pyrrole nitrogens is 1. The molecule has 7 heteroatoms. The molecule has 0 saturated heterocycles. The molecule has 0 fully saturated rings. The summed E-state index contributed by atoms with van der Waals surface area (Å²) in [5.74, 6) is 0.442. The van der Waals surface area contributed by atoms with Crippen molar-refractivity contribution >= 4 is 16.6 Å². The number of ether oxygens (including phenoxy) is 1. The Morgan fingerprint density at radius 3 is 2.38 bits per heavy atom. The van der Waals surface area contributed by atoms with Crippen LogP contribution < -0.4 is 10.3 Å². The average molecular weight is 493 g/mol. The highest BCUT2D eigenvalue weighted by molar-refractivity contribution is 5.84.